The van der Waals surface area contributed by atoms with Crippen molar-refractivity contribution in [3.8, 4) is 5.75 Å². The summed E-state index contributed by atoms with van der Waals surface area (Å²) >= 11 is 6.07. The molecule has 1 unspecified atom stereocenters. The average molecular weight is 520 g/mol. The van der Waals surface area contributed by atoms with E-state index >= 15 is 0 Å². The lowest BCUT2D eigenvalue weighted by molar-refractivity contribution is -0.138. The number of carboxylic acid groups (broad SMARTS) is 1. The topological polar surface area (TPSA) is 138 Å². The number of carbonyl (C=O) groups excluding carboxylic acids is 2. The molecule has 1 aromatic heterocycles. The number of hydrogen-bond donors (Lipinski definition) is 3. The maximum atomic E-state index is 13.3. The number of hydrogen-bond acceptors (Lipinski definition) is 5. The number of Topliss-reactive ketones (excluding diaryl/α,β-unsaturated/α-hetero) is 1. The average Bonchev–Trinajstić information content (AvgIpc) is 3.66. The number of benzene rings is 3. The van der Waals surface area contributed by atoms with E-state index in [1.165, 1.54) is 5.56 Å². The summed E-state index contributed by atoms with van der Waals surface area (Å²) in [4.78, 5) is 36.6. The summed E-state index contributed by atoms with van der Waals surface area (Å²) in [6, 6.07) is 13.5. The summed E-state index contributed by atoms with van der Waals surface area (Å²) in [6.45, 7) is 0.0444. The minimum atomic E-state index is -1.07. The number of primary amides is 1. The van der Waals surface area contributed by atoms with E-state index in [-0.39, 0.29) is 30.1 Å². The first kappa shape index (κ1) is 24.8. The monoisotopic (exact) mass is 519 g/mol. The molecule has 1 aliphatic carbocycles. The molecule has 1 amide bonds. The number of amides is 1. The highest BCUT2D eigenvalue weighted by atomic mass is 35.5. The van der Waals surface area contributed by atoms with Gasteiger partial charge in [-0.2, -0.15) is 0 Å². The van der Waals surface area contributed by atoms with Crippen LogP contribution in [0.25, 0.3) is 21.7 Å². The van der Waals surface area contributed by atoms with Crippen LogP contribution in [0.15, 0.2) is 54.7 Å². The highest BCUT2D eigenvalue weighted by Gasteiger charge is 2.25. The van der Waals surface area contributed by atoms with Gasteiger partial charge in [0.15, 0.2) is 6.61 Å². The Kier molecular flexibility index (Phi) is 6.62. The van der Waals surface area contributed by atoms with Crippen LogP contribution in [0.2, 0.25) is 5.02 Å². The molecule has 4 aromatic rings. The first-order valence-corrected chi connectivity index (χ1v) is 12.4. The van der Waals surface area contributed by atoms with Gasteiger partial charge in [0.2, 0.25) is 5.78 Å². The zero-order valence-electron chi connectivity index (χ0n) is 19.9. The number of rotatable bonds is 10. The molecular weight excluding hydrogens is 494 g/mol. The van der Waals surface area contributed by atoms with Gasteiger partial charge in [0.05, 0.1) is 5.56 Å². The van der Waals surface area contributed by atoms with Crippen molar-refractivity contribution in [1.29, 1.82) is 0 Å². The Morgan fingerprint density at radius 1 is 1.05 bits per heavy atom. The molecular formula is C28H26ClN3O5. The number of aromatic nitrogens is 1. The SMILES string of the molecule is NC(=O)c1cc2cc(Cl)ccc2cc1OCC(=O)c1cn(CCC(N)C(=O)O)c2cc(C3CC3)ccc12. The van der Waals surface area contributed by atoms with Gasteiger partial charge >= 0.3 is 5.97 Å². The molecule has 3 aromatic carbocycles. The predicted molar refractivity (Wildman–Crippen MR) is 141 cm³/mol. The van der Waals surface area contributed by atoms with Gasteiger partial charge in [-0.25, -0.2) is 0 Å². The summed E-state index contributed by atoms with van der Waals surface area (Å²) in [5, 5.41) is 12.0. The molecule has 5 rings (SSSR count). The second kappa shape index (κ2) is 9.88. The van der Waals surface area contributed by atoms with Gasteiger partial charge in [-0.05, 0) is 71.8 Å². The van der Waals surface area contributed by atoms with E-state index in [1.807, 2.05) is 16.7 Å². The van der Waals surface area contributed by atoms with E-state index < -0.39 is 17.9 Å². The number of halogens is 1. The number of ether oxygens (including phenoxy) is 1. The summed E-state index contributed by atoms with van der Waals surface area (Å²) in [6.07, 6.45) is 4.21. The van der Waals surface area contributed by atoms with Gasteiger partial charge in [0.25, 0.3) is 5.91 Å². The van der Waals surface area contributed by atoms with Crippen LogP contribution >= 0.6 is 11.6 Å². The van der Waals surface area contributed by atoms with Crippen LogP contribution in [0.4, 0.5) is 0 Å². The maximum absolute atomic E-state index is 13.3. The Labute approximate surface area is 217 Å². The zero-order chi connectivity index (χ0) is 26.3. The number of ketones is 1. The largest absolute Gasteiger partial charge is 0.485 e. The lowest BCUT2D eigenvalue weighted by atomic mass is 10.0. The van der Waals surface area contributed by atoms with E-state index in [0.717, 1.165) is 34.5 Å². The second-order valence-corrected chi connectivity index (χ2v) is 9.87. The molecule has 0 saturated heterocycles. The predicted octanol–water partition coefficient (Wildman–Crippen LogP) is 4.49. The Morgan fingerprint density at radius 3 is 2.54 bits per heavy atom. The van der Waals surface area contributed by atoms with Crippen molar-refractivity contribution < 1.29 is 24.2 Å². The van der Waals surface area contributed by atoms with Gasteiger partial charge in [-0.3, -0.25) is 14.4 Å². The minimum Gasteiger partial charge on any atom is -0.485 e. The summed E-state index contributed by atoms with van der Waals surface area (Å²) in [7, 11) is 0. The highest BCUT2D eigenvalue weighted by Crippen LogP contribution is 2.41. The van der Waals surface area contributed by atoms with Crippen LogP contribution < -0.4 is 16.2 Å². The van der Waals surface area contributed by atoms with Crippen LogP contribution in [-0.4, -0.2) is 40.0 Å². The minimum absolute atomic E-state index is 0.154. The number of fused-ring (bicyclic) bond motifs is 2. The lowest BCUT2D eigenvalue weighted by Crippen LogP contribution is -2.31. The molecule has 0 spiro atoms. The van der Waals surface area contributed by atoms with Crippen molar-refractivity contribution in [3.05, 3.63) is 76.4 Å². The van der Waals surface area contributed by atoms with Gasteiger partial charge in [-0.1, -0.05) is 29.8 Å². The molecule has 1 saturated carbocycles. The third-order valence-corrected chi connectivity index (χ3v) is 7.01. The van der Waals surface area contributed by atoms with Crippen molar-refractivity contribution >= 4 is 50.9 Å². The lowest BCUT2D eigenvalue weighted by Gasteiger charge is -2.11. The van der Waals surface area contributed by atoms with Crippen LogP contribution in [0.5, 0.6) is 5.75 Å². The number of aliphatic carboxylic acids is 1. The third-order valence-electron chi connectivity index (χ3n) is 6.78. The molecule has 5 N–H and O–H groups in total. The highest BCUT2D eigenvalue weighted by molar-refractivity contribution is 6.31. The van der Waals surface area contributed by atoms with Crippen molar-refractivity contribution in [1.82, 2.24) is 4.57 Å². The Morgan fingerprint density at radius 2 is 1.84 bits per heavy atom. The molecule has 0 radical (unpaired) electrons. The van der Waals surface area contributed by atoms with Crippen molar-refractivity contribution in [2.75, 3.05) is 6.61 Å². The maximum Gasteiger partial charge on any atom is 0.320 e. The Hall–Kier alpha value is -3.88. The number of carboxylic acids is 1. The summed E-state index contributed by atoms with van der Waals surface area (Å²) in [5.74, 6) is -1.29. The van der Waals surface area contributed by atoms with Crippen LogP contribution in [0, 0.1) is 0 Å². The molecule has 9 heteroatoms. The number of aryl methyl sites for hydroxylation is 1. The Bertz CT molecular complexity index is 1560. The number of nitrogens with two attached hydrogens (primary N) is 2. The van der Waals surface area contributed by atoms with E-state index in [1.54, 1.807) is 36.5 Å². The molecule has 1 aliphatic rings. The first-order chi connectivity index (χ1) is 17.7. The fourth-order valence-corrected chi connectivity index (χ4v) is 4.75. The fourth-order valence-electron chi connectivity index (χ4n) is 4.57. The molecule has 190 valence electrons. The fraction of sp³-hybridized carbons (Fsp3) is 0.250. The van der Waals surface area contributed by atoms with Crippen LogP contribution in [0.3, 0.4) is 0 Å². The Balaban J connectivity index is 1.44. The van der Waals surface area contributed by atoms with Crippen molar-refractivity contribution in [3.63, 3.8) is 0 Å². The van der Waals surface area contributed by atoms with Crippen molar-refractivity contribution in [2.24, 2.45) is 11.5 Å². The van der Waals surface area contributed by atoms with Gasteiger partial charge in [-0.15, -0.1) is 0 Å². The van der Waals surface area contributed by atoms with E-state index in [4.69, 9.17) is 32.9 Å². The molecule has 0 bridgehead atoms. The smallest absolute Gasteiger partial charge is 0.320 e. The van der Waals surface area contributed by atoms with E-state index in [2.05, 4.69) is 6.07 Å². The van der Waals surface area contributed by atoms with Gasteiger partial charge < -0.3 is 25.9 Å². The quantitative estimate of drug-likeness (QED) is 0.264. The van der Waals surface area contributed by atoms with Crippen LogP contribution in [-0.2, 0) is 11.3 Å². The number of carbonyl (C=O) groups is 3. The van der Waals surface area contributed by atoms with E-state index in [9.17, 15) is 14.4 Å². The number of nitrogens with zero attached hydrogens (tertiary/aromatic N) is 1. The van der Waals surface area contributed by atoms with Gasteiger partial charge in [0, 0.05) is 34.2 Å². The van der Waals surface area contributed by atoms with Crippen LogP contribution in [0.1, 0.15) is 51.5 Å². The van der Waals surface area contributed by atoms with Crippen molar-refractivity contribution in [2.45, 2.75) is 37.8 Å². The third kappa shape index (κ3) is 5.16. The summed E-state index contributed by atoms with van der Waals surface area (Å²) < 4.78 is 7.70. The standard InChI is InChI=1S/C28H26ClN3O5/c29-19-5-3-17-12-26(21(27(31)34)10-18(17)9-19)37-14-25(33)22-13-32(8-7-23(30)28(35)36)24-11-16(15-1-2-15)4-6-20(22)24/h3-6,9-13,15,23H,1-2,7-8,14,30H2,(H2,31,34)(H,35,36). The second-order valence-electron chi connectivity index (χ2n) is 9.44. The normalized spacial score (nSPS) is 14.1. The summed E-state index contributed by atoms with van der Waals surface area (Å²) in [5.41, 5.74) is 13.9. The molecule has 1 atom stereocenters. The first-order valence-electron chi connectivity index (χ1n) is 12.0. The molecule has 0 aliphatic heterocycles. The van der Waals surface area contributed by atoms with E-state index in [0.29, 0.717) is 23.0 Å². The molecule has 1 fully saturated rings. The molecule has 8 nitrogen and oxygen atoms in total. The molecule has 37 heavy (non-hydrogen) atoms. The van der Waals surface area contributed by atoms with Gasteiger partial charge in [0.1, 0.15) is 11.8 Å². The zero-order valence-corrected chi connectivity index (χ0v) is 20.7. The molecule has 1 heterocycles.